The van der Waals surface area contributed by atoms with E-state index in [4.69, 9.17) is 14.2 Å². The Kier molecular flexibility index (Phi) is 8.95. The summed E-state index contributed by atoms with van der Waals surface area (Å²) in [5.74, 6) is -4.82. The van der Waals surface area contributed by atoms with E-state index in [0.29, 0.717) is 24.7 Å². The van der Waals surface area contributed by atoms with Crippen molar-refractivity contribution in [1.82, 2.24) is 0 Å². The lowest BCUT2D eigenvalue weighted by Gasteiger charge is -2.64. The van der Waals surface area contributed by atoms with Gasteiger partial charge in [-0.3, -0.25) is 14.4 Å². The van der Waals surface area contributed by atoms with Gasteiger partial charge in [0.05, 0.1) is 0 Å². The summed E-state index contributed by atoms with van der Waals surface area (Å²) in [6.07, 6.45) is 5.52. The third-order valence-electron chi connectivity index (χ3n) is 11.9. The lowest BCUT2D eigenvalue weighted by atomic mass is 9.43. The van der Waals surface area contributed by atoms with Crippen LogP contribution in [0.4, 0.5) is 8.78 Å². The fourth-order valence-electron chi connectivity index (χ4n) is 10.3. The Morgan fingerprint density at radius 3 is 2.07 bits per heavy atom. The zero-order valence-electron chi connectivity index (χ0n) is 26.4. The number of carbonyl (C=O) groups excluding carboxylic acids is 3. The lowest BCUT2D eigenvalue weighted by molar-refractivity contribution is -0.263. The van der Waals surface area contributed by atoms with Crippen molar-refractivity contribution in [1.29, 1.82) is 0 Å². The Hall–Kier alpha value is -1.73. The molecule has 4 saturated carbocycles. The fourth-order valence-corrected chi connectivity index (χ4v) is 10.3. The Balaban J connectivity index is 1.53. The zero-order valence-corrected chi connectivity index (χ0v) is 26.4. The summed E-state index contributed by atoms with van der Waals surface area (Å²) in [6.45, 7) is 14.6. The van der Waals surface area contributed by atoms with E-state index in [1.54, 1.807) is 0 Å². The molecule has 10 atom stereocenters. The predicted octanol–water partition coefficient (Wildman–Crippen LogP) is 7.51. The molecule has 0 radical (unpaired) electrons. The van der Waals surface area contributed by atoms with E-state index < -0.39 is 52.9 Å². The standard InChI is InChI=1S/C33H52F2O6/c1-19(10-9-15-30(5,6)41-22(4)38)23-11-12-24-28-25(13-16-31(23,24)7)32(8)17-14-27(39-20(2)36)29(40-21(3)37)26(32)18-33(28,34)35/h19,23-29H,9-18H2,1-8H3/t19-,23-,24+,25+,26?,27+,28+,29?,31-,32-/m1/s1. The van der Waals surface area contributed by atoms with Gasteiger partial charge in [-0.05, 0) is 99.7 Å². The van der Waals surface area contributed by atoms with E-state index in [1.165, 1.54) is 20.8 Å². The minimum atomic E-state index is -2.89. The van der Waals surface area contributed by atoms with E-state index >= 15 is 8.78 Å². The van der Waals surface area contributed by atoms with E-state index in [-0.39, 0.29) is 29.6 Å². The molecule has 0 aromatic heterocycles. The topological polar surface area (TPSA) is 78.9 Å². The monoisotopic (exact) mass is 582 g/mol. The van der Waals surface area contributed by atoms with Gasteiger partial charge in [-0.2, -0.15) is 0 Å². The average molecular weight is 583 g/mol. The molecular weight excluding hydrogens is 530 g/mol. The molecule has 0 bridgehead atoms. The first-order chi connectivity index (χ1) is 18.9. The van der Waals surface area contributed by atoms with Crippen LogP contribution < -0.4 is 0 Å². The highest BCUT2D eigenvalue weighted by molar-refractivity contribution is 5.67. The largest absolute Gasteiger partial charge is 0.460 e. The normalized spacial score (nSPS) is 40.4. The minimum Gasteiger partial charge on any atom is -0.460 e. The molecule has 4 aliphatic carbocycles. The zero-order chi connectivity index (χ0) is 30.5. The summed E-state index contributed by atoms with van der Waals surface area (Å²) in [5.41, 5.74) is -1.04. The second kappa shape index (κ2) is 11.4. The van der Waals surface area contributed by atoms with Gasteiger partial charge in [0, 0.05) is 39.0 Å². The smallest absolute Gasteiger partial charge is 0.303 e. The van der Waals surface area contributed by atoms with E-state index in [0.717, 1.165) is 44.9 Å². The number of carbonyl (C=O) groups is 3. The molecule has 0 heterocycles. The number of ether oxygens (including phenoxy) is 3. The molecule has 8 heteroatoms. The molecule has 234 valence electrons. The van der Waals surface area contributed by atoms with Gasteiger partial charge < -0.3 is 14.2 Å². The van der Waals surface area contributed by atoms with Crippen molar-refractivity contribution in [3.63, 3.8) is 0 Å². The van der Waals surface area contributed by atoms with Crippen LogP contribution >= 0.6 is 0 Å². The van der Waals surface area contributed by atoms with Gasteiger partial charge in [0.1, 0.15) is 17.8 Å². The maximum absolute atomic E-state index is 16.5. The number of esters is 3. The number of hydrogen-bond donors (Lipinski definition) is 0. The van der Waals surface area contributed by atoms with Gasteiger partial charge in [0.25, 0.3) is 5.92 Å². The average Bonchev–Trinajstić information content (AvgIpc) is 3.17. The molecular formula is C33H52F2O6. The summed E-state index contributed by atoms with van der Waals surface area (Å²) in [6, 6.07) is 0. The number of hydrogen-bond acceptors (Lipinski definition) is 6. The molecule has 4 rings (SSSR count). The van der Waals surface area contributed by atoms with Crippen LogP contribution in [-0.2, 0) is 28.6 Å². The first kappa shape index (κ1) is 32.2. The molecule has 0 aromatic rings. The van der Waals surface area contributed by atoms with Gasteiger partial charge in [0.2, 0.25) is 0 Å². The number of rotatable bonds is 8. The molecule has 0 aliphatic heterocycles. The van der Waals surface area contributed by atoms with Crippen LogP contribution in [0.25, 0.3) is 0 Å². The quantitative estimate of drug-likeness (QED) is 0.218. The number of fused-ring (bicyclic) bond motifs is 5. The van der Waals surface area contributed by atoms with Gasteiger partial charge in [0.15, 0.2) is 0 Å². The Labute approximate surface area is 245 Å². The first-order valence-corrected chi connectivity index (χ1v) is 15.8. The highest BCUT2D eigenvalue weighted by Crippen LogP contribution is 2.71. The maximum Gasteiger partial charge on any atom is 0.303 e. The third kappa shape index (κ3) is 6.18. The molecule has 0 saturated heterocycles. The SMILES string of the molecule is CC(=O)OC1C2CC(F)(F)[C@H]3[C@@H]4CC[C@H]([C@H](C)CCCC(C)(C)OC(C)=O)[C@@]4(C)CC[C@@H]3[C@@]2(C)CC[C@@H]1OC(C)=O. The molecule has 41 heavy (non-hydrogen) atoms. The van der Waals surface area contributed by atoms with Crippen LogP contribution in [0.5, 0.6) is 0 Å². The molecule has 4 aliphatic rings. The highest BCUT2D eigenvalue weighted by Gasteiger charge is 2.70. The summed E-state index contributed by atoms with van der Waals surface area (Å²) in [7, 11) is 0. The second-order valence-corrected chi connectivity index (χ2v) is 15.0. The lowest BCUT2D eigenvalue weighted by Crippen LogP contribution is -2.64. The van der Waals surface area contributed by atoms with Crippen molar-refractivity contribution in [3.8, 4) is 0 Å². The van der Waals surface area contributed by atoms with Gasteiger partial charge >= 0.3 is 17.9 Å². The van der Waals surface area contributed by atoms with Crippen LogP contribution in [0.1, 0.15) is 120 Å². The number of alkyl halides is 2. The van der Waals surface area contributed by atoms with Crippen molar-refractivity contribution in [2.45, 2.75) is 143 Å². The van der Waals surface area contributed by atoms with Crippen LogP contribution in [-0.4, -0.2) is 41.6 Å². The summed E-state index contributed by atoms with van der Waals surface area (Å²) in [5, 5.41) is 0. The summed E-state index contributed by atoms with van der Waals surface area (Å²) in [4.78, 5) is 35.3. The van der Waals surface area contributed by atoms with E-state index in [9.17, 15) is 14.4 Å². The van der Waals surface area contributed by atoms with Crippen molar-refractivity contribution in [3.05, 3.63) is 0 Å². The Bertz CT molecular complexity index is 1010. The van der Waals surface area contributed by atoms with Gasteiger partial charge in [-0.25, -0.2) is 8.78 Å². The van der Waals surface area contributed by atoms with Crippen LogP contribution in [0, 0.1) is 46.3 Å². The molecule has 0 aromatic carbocycles. The number of halogens is 2. The van der Waals surface area contributed by atoms with Crippen LogP contribution in [0.3, 0.4) is 0 Å². The van der Waals surface area contributed by atoms with Crippen molar-refractivity contribution >= 4 is 17.9 Å². The first-order valence-electron chi connectivity index (χ1n) is 15.8. The van der Waals surface area contributed by atoms with Gasteiger partial charge in [-0.1, -0.05) is 27.2 Å². The van der Waals surface area contributed by atoms with Crippen molar-refractivity contribution < 1.29 is 37.4 Å². The molecule has 0 amide bonds. The summed E-state index contributed by atoms with van der Waals surface area (Å²) < 4.78 is 49.6. The molecule has 2 unspecified atom stereocenters. The van der Waals surface area contributed by atoms with Crippen molar-refractivity contribution in [2.75, 3.05) is 0 Å². The third-order valence-corrected chi connectivity index (χ3v) is 11.9. The highest BCUT2D eigenvalue weighted by atomic mass is 19.3. The molecule has 0 spiro atoms. The van der Waals surface area contributed by atoms with Crippen molar-refractivity contribution in [2.24, 2.45) is 46.3 Å². The molecule has 6 nitrogen and oxygen atoms in total. The fraction of sp³-hybridized carbons (Fsp3) is 0.909. The molecule has 0 N–H and O–H groups in total. The van der Waals surface area contributed by atoms with E-state index in [1.807, 2.05) is 13.8 Å². The minimum absolute atomic E-state index is 0.0441. The summed E-state index contributed by atoms with van der Waals surface area (Å²) >= 11 is 0. The predicted molar refractivity (Wildman–Crippen MR) is 151 cm³/mol. The Morgan fingerprint density at radius 2 is 1.46 bits per heavy atom. The van der Waals surface area contributed by atoms with Gasteiger partial charge in [-0.15, -0.1) is 0 Å². The van der Waals surface area contributed by atoms with E-state index in [2.05, 4.69) is 20.8 Å². The Morgan fingerprint density at radius 1 is 0.854 bits per heavy atom. The van der Waals surface area contributed by atoms with Crippen LogP contribution in [0.2, 0.25) is 0 Å². The maximum atomic E-state index is 16.5. The molecule has 4 fully saturated rings. The van der Waals surface area contributed by atoms with Crippen LogP contribution in [0.15, 0.2) is 0 Å². The second-order valence-electron chi connectivity index (χ2n) is 15.0.